The Hall–Kier alpha value is -3.84. The summed E-state index contributed by atoms with van der Waals surface area (Å²) in [6.07, 6.45) is 0.270. The molecule has 1 amide bonds. The summed E-state index contributed by atoms with van der Waals surface area (Å²) in [6.45, 7) is 0.481. The monoisotopic (exact) mass is 448 g/mol. The highest BCUT2D eigenvalue weighted by atomic mass is 19.1. The van der Waals surface area contributed by atoms with E-state index in [9.17, 15) is 14.3 Å². The highest BCUT2D eigenvalue weighted by Crippen LogP contribution is 2.31. The SMILES string of the molecule is O=C(O)NCC[C@@H](O)[C@H](c1ccccc1)n1ccc2cc(OCc3ccc(F)cc3)ccc21. The summed E-state index contributed by atoms with van der Waals surface area (Å²) in [5.74, 6) is 0.405. The van der Waals surface area contributed by atoms with Gasteiger partial charge in [-0.1, -0.05) is 42.5 Å². The van der Waals surface area contributed by atoms with Gasteiger partial charge < -0.3 is 24.8 Å². The second-order valence-electron chi connectivity index (χ2n) is 7.80. The highest BCUT2D eigenvalue weighted by molar-refractivity contribution is 5.82. The quantitative estimate of drug-likeness (QED) is 0.338. The third-order valence-electron chi connectivity index (χ3n) is 5.53. The van der Waals surface area contributed by atoms with Gasteiger partial charge in [0.1, 0.15) is 18.2 Å². The number of aliphatic hydroxyl groups excluding tert-OH is 1. The van der Waals surface area contributed by atoms with Crippen molar-refractivity contribution in [2.24, 2.45) is 0 Å². The third-order valence-corrected chi connectivity index (χ3v) is 5.53. The average Bonchev–Trinajstić information content (AvgIpc) is 3.22. The number of nitrogens with zero attached hydrogens (tertiary/aromatic N) is 1. The molecule has 3 N–H and O–H groups in total. The first-order chi connectivity index (χ1) is 16.0. The van der Waals surface area contributed by atoms with E-state index in [1.165, 1.54) is 12.1 Å². The molecule has 1 heterocycles. The Labute approximate surface area is 190 Å². The van der Waals surface area contributed by atoms with Crippen molar-refractivity contribution in [2.45, 2.75) is 25.2 Å². The number of hydrogen-bond donors (Lipinski definition) is 3. The van der Waals surface area contributed by atoms with Crippen molar-refractivity contribution in [3.8, 4) is 5.75 Å². The van der Waals surface area contributed by atoms with Crippen LogP contribution in [0.4, 0.5) is 9.18 Å². The number of halogens is 1. The lowest BCUT2D eigenvalue weighted by atomic mass is 9.98. The van der Waals surface area contributed by atoms with Crippen LogP contribution >= 0.6 is 0 Å². The largest absolute Gasteiger partial charge is 0.489 e. The van der Waals surface area contributed by atoms with Crippen molar-refractivity contribution in [1.29, 1.82) is 0 Å². The number of aromatic nitrogens is 1. The first-order valence-corrected chi connectivity index (χ1v) is 10.7. The molecular formula is C26H25FN2O4. The first kappa shape index (κ1) is 22.4. The van der Waals surface area contributed by atoms with E-state index in [1.54, 1.807) is 12.1 Å². The average molecular weight is 448 g/mol. The molecule has 4 rings (SSSR count). The van der Waals surface area contributed by atoms with E-state index in [4.69, 9.17) is 9.84 Å². The molecule has 7 heteroatoms. The maximum Gasteiger partial charge on any atom is 0.404 e. The number of aliphatic hydroxyl groups is 1. The number of nitrogens with one attached hydrogen (secondary N) is 1. The highest BCUT2D eigenvalue weighted by Gasteiger charge is 2.24. The summed E-state index contributed by atoms with van der Waals surface area (Å²) >= 11 is 0. The van der Waals surface area contributed by atoms with E-state index >= 15 is 0 Å². The summed E-state index contributed by atoms with van der Waals surface area (Å²) < 4.78 is 21.0. The summed E-state index contributed by atoms with van der Waals surface area (Å²) in [5.41, 5.74) is 2.72. The van der Waals surface area contributed by atoms with Crippen LogP contribution in [0.3, 0.4) is 0 Å². The number of amides is 1. The number of hydrogen-bond acceptors (Lipinski definition) is 3. The summed E-state index contributed by atoms with van der Waals surface area (Å²) in [5, 5.41) is 23.1. The van der Waals surface area contributed by atoms with Gasteiger partial charge in [0.05, 0.1) is 12.1 Å². The van der Waals surface area contributed by atoms with Gasteiger partial charge in [-0.05, 0) is 53.9 Å². The Kier molecular flexibility index (Phi) is 6.90. The van der Waals surface area contributed by atoms with Crippen LogP contribution in [0.1, 0.15) is 23.6 Å². The summed E-state index contributed by atoms with van der Waals surface area (Å²) in [6, 6.07) is 23.1. The topological polar surface area (TPSA) is 83.7 Å². The zero-order chi connectivity index (χ0) is 23.2. The summed E-state index contributed by atoms with van der Waals surface area (Å²) in [7, 11) is 0. The van der Waals surface area contributed by atoms with Crippen LogP contribution in [0.5, 0.6) is 5.75 Å². The number of benzene rings is 3. The van der Waals surface area contributed by atoms with Crippen molar-refractivity contribution in [3.63, 3.8) is 0 Å². The van der Waals surface area contributed by atoms with Crippen molar-refractivity contribution >= 4 is 17.0 Å². The molecule has 0 saturated carbocycles. The molecule has 170 valence electrons. The first-order valence-electron chi connectivity index (χ1n) is 10.7. The van der Waals surface area contributed by atoms with Gasteiger partial charge in [-0.15, -0.1) is 0 Å². The van der Waals surface area contributed by atoms with Gasteiger partial charge in [-0.2, -0.15) is 0 Å². The van der Waals surface area contributed by atoms with Crippen LogP contribution in [0.25, 0.3) is 10.9 Å². The Morgan fingerprint density at radius 3 is 2.52 bits per heavy atom. The number of rotatable bonds is 9. The lowest BCUT2D eigenvalue weighted by molar-refractivity contribution is 0.121. The molecule has 33 heavy (non-hydrogen) atoms. The molecule has 0 fully saturated rings. The van der Waals surface area contributed by atoms with Crippen LogP contribution < -0.4 is 10.1 Å². The van der Waals surface area contributed by atoms with E-state index in [0.29, 0.717) is 12.4 Å². The second-order valence-corrected chi connectivity index (χ2v) is 7.80. The van der Waals surface area contributed by atoms with Gasteiger partial charge in [0.2, 0.25) is 0 Å². The van der Waals surface area contributed by atoms with Gasteiger partial charge >= 0.3 is 6.09 Å². The van der Waals surface area contributed by atoms with E-state index in [2.05, 4.69) is 5.32 Å². The number of carbonyl (C=O) groups is 1. The maximum atomic E-state index is 13.1. The van der Waals surface area contributed by atoms with Gasteiger partial charge in [0.25, 0.3) is 0 Å². The molecule has 0 aliphatic rings. The van der Waals surface area contributed by atoms with Gasteiger partial charge in [-0.25, -0.2) is 9.18 Å². The predicted octanol–water partition coefficient (Wildman–Crippen LogP) is 4.97. The van der Waals surface area contributed by atoms with Gasteiger partial charge in [-0.3, -0.25) is 0 Å². The Morgan fingerprint density at radius 2 is 1.79 bits per heavy atom. The number of fused-ring (bicyclic) bond motifs is 1. The molecule has 0 spiro atoms. The fourth-order valence-electron chi connectivity index (χ4n) is 3.92. The second kappa shape index (κ2) is 10.2. The Bertz CT molecular complexity index is 1210. The van der Waals surface area contributed by atoms with Gasteiger partial charge in [0, 0.05) is 23.6 Å². The molecule has 3 aromatic carbocycles. The van der Waals surface area contributed by atoms with Crippen LogP contribution in [0.2, 0.25) is 0 Å². The fraction of sp³-hybridized carbons (Fsp3) is 0.192. The van der Waals surface area contributed by atoms with Crippen LogP contribution in [0, 0.1) is 5.82 Å². The van der Waals surface area contributed by atoms with Crippen molar-refractivity contribution in [3.05, 3.63) is 102 Å². The zero-order valence-electron chi connectivity index (χ0n) is 17.9. The van der Waals surface area contributed by atoms with Crippen LogP contribution in [-0.2, 0) is 6.61 Å². The lowest BCUT2D eigenvalue weighted by Crippen LogP contribution is -2.30. The molecule has 0 aliphatic carbocycles. The molecular weight excluding hydrogens is 423 g/mol. The van der Waals surface area contributed by atoms with E-state index in [-0.39, 0.29) is 24.8 Å². The number of ether oxygens (including phenoxy) is 1. The zero-order valence-corrected chi connectivity index (χ0v) is 17.9. The molecule has 0 unspecified atom stereocenters. The van der Waals surface area contributed by atoms with E-state index < -0.39 is 12.2 Å². The minimum atomic E-state index is -1.11. The smallest absolute Gasteiger partial charge is 0.404 e. The van der Waals surface area contributed by atoms with Gasteiger partial charge in [0.15, 0.2) is 0 Å². The molecule has 2 atom stereocenters. The number of carboxylic acid groups (broad SMARTS) is 1. The molecule has 0 aliphatic heterocycles. The minimum Gasteiger partial charge on any atom is -0.489 e. The Balaban J connectivity index is 1.57. The van der Waals surface area contributed by atoms with Crippen molar-refractivity contribution < 1.29 is 24.1 Å². The third kappa shape index (κ3) is 5.51. The molecule has 1 aromatic heterocycles. The van der Waals surface area contributed by atoms with Crippen molar-refractivity contribution in [1.82, 2.24) is 9.88 Å². The predicted molar refractivity (Wildman–Crippen MR) is 124 cm³/mol. The van der Waals surface area contributed by atoms with E-state index in [1.807, 2.05) is 65.4 Å². The summed E-state index contributed by atoms with van der Waals surface area (Å²) in [4.78, 5) is 10.8. The van der Waals surface area contributed by atoms with Crippen molar-refractivity contribution in [2.75, 3.05) is 6.54 Å². The molecule has 0 saturated heterocycles. The standard InChI is InChI=1S/C26H25FN2O4/c27-21-8-6-18(7-9-21)17-33-22-10-11-23-20(16-22)13-15-29(23)25(19-4-2-1-3-5-19)24(30)12-14-28-26(31)32/h1-11,13,15-16,24-25,28,30H,12,14,17H2,(H,31,32)/t24-,25+/m1/s1. The normalized spacial score (nSPS) is 12.9. The minimum absolute atomic E-state index is 0.153. The molecule has 0 radical (unpaired) electrons. The maximum absolute atomic E-state index is 13.1. The molecule has 0 bridgehead atoms. The van der Waals surface area contributed by atoms with Crippen LogP contribution in [-0.4, -0.2) is 33.5 Å². The van der Waals surface area contributed by atoms with Crippen LogP contribution in [0.15, 0.2) is 85.1 Å². The Morgan fingerprint density at radius 1 is 1.03 bits per heavy atom. The lowest BCUT2D eigenvalue weighted by Gasteiger charge is -2.26. The van der Waals surface area contributed by atoms with E-state index in [0.717, 1.165) is 22.0 Å². The molecule has 6 nitrogen and oxygen atoms in total. The fourth-order valence-corrected chi connectivity index (χ4v) is 3.92. The molecule has 4 aromatic rings.